The van der Waals surface area contributed by atoms with E-state index < -0.39 is 9.84 Å². The second-order valence-corrected chi connectivity index (χ2v) is 9.43. The summed E-state index contributed by atoms with van der Waals surface area (Å²) in [6, 6.07) is 5.92. The molecule has 0 amide bonds. The first-order chi connectivity index (χ1) is 11.4. The minimum atomic E-state index is -2.97. The summed E-state index contributed by atoms with van der Waals surface area (Å²) in [6.45, 7) is 2.34. The summed E-state index contributed by atoms with van der Waals surface area (Å²) >= 11 is 6.40. The van der Waals surface area contributed by atoms with Gasteiger partial charge in [-0.1, -0.05) is 17.7 Å². The van der Waals surface area contributed by atoms with Crippen LogP contribution in [0.3, 0.4) is 0 Å². The number of aromatic nitrogens is 2. The van der Waals surface area contributed by atoms with Gasteiger partial charge in [0, 0.05) is 44.2 Å². The number of benzene rings is 1. The molecule has 6 nitrogen and oxygen atoms in total. The Kier molecular flexibility index (Phi) is 3.87. The van der Waals surface area contributed by atoms with E-state index in [4.69, 9.17) is 11.6 Å². The molecule has 0 spiro atoms. The molecule has 1 aromatic heterocycles. The fourth-order valence-corrected chi connectivity index (χ4v) is 6.42. The van der Waals surface area contributed by atoms with E-state index in [-0.39, 0.29) is 23.6 Å². The highest BCUT2D eigenvalue weighted by molar-refractivity contribution is 7.91. The van der Waals surface area contributed by atoms with Crippen molar-refractivity contribution < 1.29 is 8.42 Å². The fourth-order valence-electron chi connectivity index (χ4n) is 4.05. The van der Waals surface area contributed by atoms with Crippen LogP contribution in [-0.2, 0) is 23.4 Å². The van der Waals surface area contributed by atoms with Gasteiger partial charge >= 0.3 is 0 Å². The molecule has 3 heterocycles. The quantitative estimate of drug-likeness (QED) is 0.795. The number of nitrogens with zero attached hydrogens (tertiary/aromatic N) is 4. The van der Waals surface area contributed by atoms with Crippen LogP contribution in [0.2, 0.25) is 5.02 Å². The summed E-state index contributed by atoms with van der Waals surface area (Å²) in [5.41, 5.74) is 1.92. The van der Waals surface area contributed by atoms with Gasteiger partial charge < -0.3 is 0 Å². The second-order valence-electron chi connectivity index (χ2n) is 6.87. The van der Waals surface area contributed by atoms with Crippen LogP contribution < -0.4 is 0 Å². The number of halogens is 1. The van der Waals surface area contributed by atoms with E-state index in [1.165, 1.54) is 0 Å². The maximum absolute atomic E-state index is 12.1. The Morgan fingerprint density at radius 2 is 1.96 bits per heavy atom. The molecule has 0 bridgehead atoms. The maximum Gasteiger partial charge on any atom is 0.153 e. The SMILES string of the molecule is CN1CCN(Cc2nn(C)c3cccc(Cl)c23)[C@H]2CS(=O)(=O)C[C@H]21. The number of likely N-dealkylation sites (N-methyl/N-ethyl adjacent to an activating group) is 1. The van der Waals surface area contributed by atoms with Crippen molar-refractivity contribution in [3.05, 3.63) is 28.9 Å². The van der Waals surface area contributed by atoms with E-state index in [0.29, 0.717) is 11.6 Å². The number of rotatable bonds is 2. The Bertz CT molecular complexity index is 895. The molecule has 2 aromatic rings. The second kappa shape index (κ2) is 5.69. The molecule has 4 rings (SSSR count). The zero-order valence-electron chi connectivity index (χ0n) is 13.8. The Hall–Kier alpha value is -1.15. The van der Waals surface area contributed by atoms with E-state index in [2.05, 4.69) is 14.9 Å². The van der Waals surface area contributed by atoms with E-state index in [1.54, 1.807) is 0 Å². The topological polar surface area (TPSA) is 58.4 Å². The van der Waals surface area contributed by atoms with Crippen LogP contribution in [-0.4, -0.2) is 71.7 Å². The lowest BCUT2D eigenvalue weighted by molar-refractivity contribution is 0.0566. The summed E-state index contributed by atoms with van der Waals surface area (Å²) < 4.78 is 26.1. The van der Waals surface area contributed by atoms with Crippen LogP contribution in [0.4, 0.5) is 0 Å². The van der Waals surface area contributed by atoms with E-state index >= 15 is 0 Å². The number of hydrogen-bond donors (Lipinski definition) is 0. The van der Waals surface area contributed by atoms with Crippen molar-refractivity contribution in [1.29, 1.82) is 0 Å². The van der Waals surface area contributed by atoms with Gasteiger partial charge in [0.05, 0.1) is 27.7 Å². The van der Waals surface area contributed by atoms with Crippen LogP contribution in [0.1, 0.15) is 5.69 Å². The first-order valence-electron chi connectivity index (χ1n) is 8.10. The zero-order valence-corrected chi connectivity index (χ0v) is 15.4. The number of sulfone groups is 1. The highest BCUT2D eigenvalue weighted by Crippen LogP contribution is 2.31. The molecule has 24 heavy (non-hydrogen) atoms. The molecule has 0 unspecified atom stereocenters. The first-order valence-corrected chi connectivity index (χ1v) is 10.3. The molecular formula is C16H21ClN4O2S. The number of aryl methyl sites for hydroxylation is 1. The van der Waals surface area contributed by atoms with E-state index in [1.807, 2.05) is 37.0 Å². The summed E-state index contributed by atoms with van der Waals surface area (Å²) in [7, 11) is 0.961. The molecular weight excluding hydrogens is 348 g/mol. The monoisotopic (exact) mass is 368 g/mol. The van der Waals surface area contributed by atoms with Gasteiger partial charge in [-0.15, -0.1) is 0 Å². The van der Waals surface area contributed by atoms with Crippen molar-refractivity contribution in [2.24, 2.45) is 7.05 Å². The molecule has 2 saturated heterocycles. The van der Waals surface area contributed by atoms with E-state index in [0.717, 1.165) is 29.7 Å². The molecule has 0 saturated carbocycles. The molecule has 0 N–H and O–H groups in total. The van der Waals surface area contributed by atoms with Crippen LogP contribution in [0, 0.1) is 0 Å². The zero-order chi connectivity index (χ0) is 17.1. The molecule has 0 radical (unpaired) electrons. The van der Waals surface area contributed by atoms with Gasteiger partial charge in [0.25, 0.3) is 0 Å². The molecule has 0 aliphatic carbocycles. The molecule has 8 heteroatoms. The number of piperazine rings is 1. The normalized spacial score (nSPS) is 27.6. The van der Waals surface area contributed by atoms with Crippen molar-refractivity contribution in [3.63, 3.8) is 0 Å². The number of hydrogen-bond acceptors (Lipinski definition) is 5. The van der Waals surface area contributed by atoms with Crippen molar-refractivity contribution in [3.8, 4) is 0 Å². The van der Waals surface area contributed by atoms with Gasteiger partial charge in [-0.25, -0.2) is 8.42 Å². The van der Waals surface area contributed by atoms with Crippen molar-refractivity contribution in [2.75, 3.05) is 31.6 Å². The smallest absolute Gasteiger partial charge is 0.153 e. The third-order valence-corrected chi connectivity index (χ3v) is 7.33. The Labute approximate surface area is 146 Å². The Balaban J connectivity index is 1.69. The number of fused-ring (bicyclic) bond motifs is 2. The van der Waals surface area contributed by atoms with Gasteiger partial charge in [0.15, 0.2) is 9.84 Å². The van der Waals surface area contributed by atoms with Gasteiger partial charge in [-0.3, -0.25) is 14.5 Å². The van der Waals surface area contributed by atoms with Gasteiger partial charge in [0.1, 0.15) is 0 Å². The summed E-state index contributed by atoms with van der Waals surface area (Å²) in [6.07, 6.45) is 0. The van der Waals surface area contributed by atoms with Gasteiger partial charge in [0.2, 0.25) is 0 Å². The molecule has 1 aromatic carbocycles. The summed E-state index contributed by atoms with van der Waals surface area (Å²) in [4.78, 5) is 4.44. The highest BCUT2D eigenvalue weighted by Gasteiger charge is 2.45. The minimum absolute atomic E-state index is 0.0355. The standard InChI is InChI=1S/C16H21ClN4O2S/c1-19-6-7-21(15-10-24(22,23)9-14(15)19)8-12-16-11(17)4-3-5-13(16)20(2)18-12/h3-5,14-15H,6-10H2,1-2H3/t14-,15+/m1/s1. The first kappa shape index (κ1) is 16.3. The summed E-state index contributed by atoms with van der Waals surface area (Å²) in [5, 5.41) is 6.31. The largest absolute Gasteiger partial charge is 0.300 e. The highest BCUT2D eigenvalue weighted by atomic mass is 35.5. The van der Waals surface area contributed by atoms with Crippen molar-refractivity contribution >= 4 is 32.3 Å². The van der Waals surface area contributed by atoms with Crippen molar-refractivity contribution in [2.45, 2.75) is 18.6 Å². The maximum atomic E-state index is 12.1. The molecule has 2 fully saturated rings. The molecule has 2 aliphatic heterocycles. The Morgan fingerprint density at radius 3 is 2.75 bits per heavy atom. The third kappa shape index (κ3) is 2.63. The molecule has 2 aliphatic rings. The van der Waals surface area contributed by atoms with Gasteiger partial charge in [-0.2, -0.15) is 5.10 Å². The van der Waals surface area contributed by atoms with Crippen LogP contribution >= 0.6 is 11.6 Å². The lowest BCUT2D eigenvalue weighted by Gasteiger charge is -2.42. The lowest BCUT2D eigenvalue weighted by Crippen LogP contribution is -2.57. The van der Waals surface area contributed by atoms with Crippen molar-refractivity contribution in [1.82, 2.24) is 19.6 Å². The molecule has 130 valence electrons. The van der Waals surface area contributed by atoms with Crippen LogP contribution in [0.25, 0.3) is 10.9 Å². The van der Waals surface area contributed by atoms with E-state index in [9.17, 15) is 8.42 Å². The van der Waals surface area contributed by atoms with Crippen LogP contribution in [0.15, 0.2) is 18.2 Å². The van der Waals surface area contributed by atoms with Gasteiger partial charge in [-0.05, 0) is 19.2 Å². The minimum Gasteiger partial charge on any atom is -0.300 e. The fraction of sp³-hybridized carbons (Fsp3) is 0.562. The predicted octanol–water partition coefficient (Wildman–Crippen LogP) is 1.14. The van der Waals surface area contributed by atoms with Crippen LogP contribution in [0.5, 0.6) is 0 Å². The average molecular weight is 369 g/mol. The lowest BCUT2D eigenvalue weighted by atomic mass is 10.0. The predicted molar refractivity (Wildman–Crippen MR) is 95.0 cm³/mol. The molecule has 2 atom stereocenters. The third-order valence-electron chi connectivity index (χ3n) is 5.32. The Morgan fingerprint density at radius 1 is 1.21 bits per heavy atom. The summed E-state index contributed by atoms with van der Waals surface area (Å²) in [5.74, 6) is 0.495. The average Bonchev–Trinajstić information content (AvgIpc) is 3.01.